The van der Waals surface area contributed by atoms with Crippen LogP contribution in [0.2, 0.25) is 0 Å². The summed E-state index contributed by atoms with van der Waals surface area (Å²) in [7, 11) is 1.46. The van der Waals surface area contributed by atoms with Crippen molar-refractivity contribution in [3.05, 3.63) is 76.2 Å². The number of hydrogen-bond acceptors (Lipinski definition) is 8. The number of thiophene rings is 1. The third-order valence-electron chi connectivity index (χ3n) is 4.91. The second kappa shape index (κ2) is 11.9. The van der Waals surface area contributed by atoms with Crippen LogP contribution in [-0.2, 0) is 19.0 Å². The van der Waals surface area contributed by atoms with E-state index in [1.165, 1.54) is 14.0 Å². The lowest BCUT2D eigenvalue weighted by molar-refractivity contribution is -0.119. The lowest BCUT2D eigenvalue weighted by Crippen LogP contribution is -2.22. The highest BCUT2D eigenvalue weighted by Crippen LogP contribution is 2.33. The number of hydrogen-bond donors (Lipinski definition) is 2. The Morgan fingerprint density at radius 2 is 1.54 bits per heavy atom. The summed E-state index contributed by atoms with van der Waals surface area (Å²) in [5.41, 5.74) is 7.89. The fraction of sp³-hybridized carbons (Fsp3) is 0.200. The molecule has 3 aromatic rings. The summed E-state index contributed by atoms with van der Waals surface area (Å²) in [5.74, 6) is -2.86. The predicted molar refractivity (Wildman–Crippen MR) is 131 cm³/mol. The van der Waals surface area contributed by atoms with E-state index in [1.54, 1.807) is 24.3 Å². The number of esters is 2. The molecule has 0 unspecified atom stereocenters. The van der Waals surface area contributed by atoms with Gasteiger partial charge in [-0.25, -0.2) is 9.59 Å². The minimum atomic E-state index is -0.746. The van der Waals surface area contributed by atoms with Crippen LogP contribution in [0.25, 0.3) is 11.1 Å². The molecule has 0 spiro atoms. The molecule has 0 aliphatic carbocycles. The van der Waals surface area contributed by atoms with Gasteiger partial charge in [0.25, 0.3) is 11.8 Å². The highest BCUT2D eigenvalue weighted by molar-refractivity contribution is 7.18. The Balaban J connectivity index is 1.64. The monoisotopic (exact) mass is 496 g/mol. The van der Waals surface area contributed by atoms with Crippen molar-refractivity contribution in [1.29, 1.82) is 0 Å². The van der Waals surface area contributed by atoms with E-state index < -0.39 is 30.4 Å². The van der Waals surface area contributed by atoms with E-state index in [9.17, 15) is 19.2 Å². The van der Waals surface area contributed by atoms with Gasteiger partial charge in [0.05, 0.1) is 22.6 Å². The molecule has 0 saturated heterocycles. The van der Waals surface area contributed by atoms with Crippen LogP contribution in [0.4, 0.5) is 5.00 Å². The zero-order chi connectivity index (χ0) is 25.4. The largest absolute Gasteiger partial charge is 0.460 e. The number of primary amides is 1. The van der Waals surface area contributed by atoms with E-state index in [1.807, 2.05) is 30.3 Å². The SMILES string of the molecule is COCCOC(=O)c1c(NC(=O)COC(=O)c2ccc(-c3ccccc3)cc2)sc(C(N)=O)c1C. The number of benzene rings is 2. The number of ether oxygens (including phenoxy) is 3. The minimum Gasteiger partial charge on any atom is -0.460 e. The average Bonchev–Trinajstić information content (AvgIpc) is 3.19. The average molecular weight is 497 g/mol. The number of carbonyl (C=O) groups excluding carboxylic acids is 4. The van der Waals surface area contributed by atoms with Gasteiger partial charge in [0.2, 0.25) is 0 Å². The topological polar surface area (TPSA) is 134 Å². The quantitative estimate of drug-likeness (QED) is 0.324. The standard InChI is InChI=1S/C25H24N2O7S/c1-15-20(25(31)33-13-12-32-2)23(35-21(15)22(26)29)27-19(28)14-34-24(30)18-10-8-17(9-11-18)16-6-4-3-5-7-16/h3-11H,12-14H2,1-2H3,(H2,26,29)(H,27,28). The Morgan fingerprint density at radius 1 is 0.886 bits per heavy atom. The number of carbonyl (C=O) groups is 4. The second-order valence-corrected chi connectivity index (χ2v) is 8.34. The van der Waals surface area contributed by atoms with Gasteiger partial charge in [-0.05, 0) is 35.7 Å². The van der Waals surface area contributed by atoms with E-state index in [-0.39, 0.29) is 39.8 Å². The molecule has 0 fully saturated rings. The number of anilines is 1. The van der Waals surface area contributed by atoms with Crippen LogP contribution in [-0.4, -0.2) is 50.7 Å². The van der Waals surface area contributed by atoms with Gasteiger partial charge >= 0.3 is 11.9 Å². The van der Waals surface area contributed by atoms with Crippen molar-refractivity contribution in [2.24, 2.45) is 5.73 Å². The predicted octanol–water partition coefficient (Wildman–Crippen LogP) is 3.42. The van der Waals surface area contributed by atoms with Gasteiger partial charge in [-0.3, -0.25) is 9.59 Å². The van der Waals surface area contributed by atoms with Crippen LogP contribution in [0, 0.1) is 6.92 Å². The van der Waals surface area contributed by atoms with Crippen LogP contribution in [0.15, 0.2) is 54.6 Å². The maximum Gasteiger partial charge on any atom is 0.341 e. The van der Waals surface area contributed by atoms with E-state index >= 15 is 0 Å². The molecule has 0 bridgehead atoms. The Hall–Kier alpha value is -4.02. The molecule has 0 atom stereocenters. The van der Waals surface area contributed by atoms with Crippen LogP contribution >= 0.6 is 11.3 Å². The maximum absolute atomic E-state index is 12.5. The molecular formula is C25H24N2O7S. The van der Waals surface area contributed by atoms with Gasteiger partial charge in [0.15, 0.2) is 6.61 Å². The molecule has 2 aromatic carbocycles. The molecule has 10 heteroatoms. The molecule has 182 valence electrons. The molecule has 0 saturated carbocycles. The first kappa shape index (κ1) is 25.6. The number of rotatable bonds is 10. The number of amides is 2. The van der Waals surface area contributed by atoms with Gasteiger partial charge in [0, 0.05) is 7.11 Å². The number of nitrogens with two attached hydrogens (primary N) is 1. The van der Waals surface area contributed by atoms with Crippen molar-refractivity contribution >= 4 is 40.1 Å². The van der Waals surface area contributed by atoms with Gasteiger partial charge in [-0.2, -0.15) is 0 Å². The normalized spacial score (nSPS) is 10.5. The summed E-state index contributed by atoms with van der Waals surface area (Å²) >= 11 is 0.841. The van der Waals surface area contributed by atoms with Crippen molar-refractivity contribution < 1.29 is 33.4 Å². The Bertz CT molecular complexity index is 1220. The van der Waals surface area contributed by atoms with E-state index in [0.29, 0.717) is 0 Å². The third kappa shape index (κ3) is 6.52. The summed E-state index contributed by atoms with van der Waals surface area (Å²) < 4.78 is 15.1. The lowest BCUT2D eigenvalue weighted by Gasteiger charge is -2.09. The summed E-state index contributed by atoms with van der Waals surface area (Å²) in [6, 6.07) is 16.5. The smallest absolute Gasteiger partial charge is 0.341 e. The third-order valence-corrected chi connectivity index (χ3v) is 6.13. The Kier molecular flexibility index (Phi) is 8.71. The summed E-state index contributed by atoms with van der Waals surface area (Å²) in [5, 5.41) is 2.57. The van der Waals surface area contributed by atoms with Crippen LogP contribution in [0.1, 0.15) is 36.0 Å². The van der Waals surface area contributed by atoms with E-state index in [4.69, 9.17) is 19.9 Å². The lowest BCUT2D eigenvalue weighted by atomic mass is 10.0. The first-order chi connectivity index (χ1) is 16.8. The highest BCUT2D eigenvalue weighted by Gasteiger charge is 2.26. The molecule has 0 aliphatic heterocycles. The summed E-state index contributed by atoms with van der Waals surface area (Å²) in [4.78, 5) is 49.1. The molecule has 35 heavy (non-hydrogen) atoms. The molecule has 9 nitrogen and oxygen atoms in total. The number of nitrogens with one attached hydrogen (secondary N) is 1. The van der Waals surface area contributed by atoms with Gasteiger partial charge in [0.1, 0.15) is 11.6 Å². The van der Waals surface area contributed by atoms with Crippen molar-refractivity contribution in [2.75, 3.05) is 32.2 Å². The Morgan fingerprint density at radius 3 is 2.17 bits per heavy atom. The maximum atomic E-state index is 12.5. The van der Waals surface area contributed by atoms with Crippen molar-refractivity contribution in [2.45, 2.75) is 6.92 Å². The van der Waals surface area contributed by atoms with Crippen molar-refractivity contribution in [1.82, 2.24) is 0 Å². The second-order valence-electron chi connectivity index (χ2n) is 7.32. The van der Waals surface area contributed by atoms with E-state index in [2.05, 4.69) is 5.32 Å². The van der Waals surface area contributed by atoms with Crippen LogP contribution in [0.5, 0.6) is 0 Å². The molecule has 0 aliphatic rings. The fourth-order valence-corrected chi connectivity index (χ4v) is 4.24. The fourth-order valence-electron chi connectivity index (χ4n) is 3.18. The molecular weight excluding hydrogens is 472 g/mol. The highest BCUT2D eigenvalue weighted by atomic mass is 32.1. The van der Waals surface area contributed by atoms with Gasteiger partial charge < -0.3 is 25.3 Å². The zero-order valence-electron chi connectivity index (χ0n) is 19.2. The summed E-state index contributed by atoms with van der Waals surface area (Å²) in [6.45, 7) is 1.10. The summed E-state index contributed by atoms with van der Waals surface area (Å²) in [6.07, 6.45) is 0. The number of methoxy groups -OCH3 is 1. The van der Waals surface area contributed by atoms with Gasteiger partial charge in [-0.15, -0.1) is 11.3 Å². The molecule has 0 radical (unpaired) electrons. The minimum absolute atomic E-state index is 0.00934. The first-order valence-corrected chi connectivity index (χ1v) is 11.3. The zero-order valence-corrected chi connectivity index (χ0v) is 20.0. The molecule has 1 aromatic heterocycles. The van der Waals surface area contributed by atoms with Crippen LogP contribution < -0.4 is 11.1 Å². The van der Waals surface area contributed by atoms with E-state index in [0.717, 1.165) is 22.5 Å². The van der Waals surface area contributed by atoms with Crippen LogP contribution in [0.3, 0.4) is 0 Å². The first-order valence-electron chi connectivity index (χ1n) is 10.5. The molecule has 2 amide bonds. The Labute approximate surface area is 205 Å². The van der Waals surface area contributed by atoms with Crippen molar-refractivity contribution in [3.8, 4) is 11.1 Å². The van der Waals surface area contributed by atoms with Gasteiger partial charge in [-0.1, -0.05) is 42.5 Å². The molecule has 1 heterocycles. The van der Waals surface area contributed by atoms with Crippen molar-refractivity contribution in [3.63, 3.8) is 0 Å². The molecule has 3 rings (SSSR count). The molecule has 3 N–H and O–H groups in total.